The topological polar surface area (TPSA) is 87.1 Å². The number of amides is 1. The predicted molar refractivity (Wildman–Crippen MR) is 93.3 cm³/mol. The Morgan fingerprint density at radius 1 is 1.21 bits per heavy atom. The van der Waals surface area contributed by atoms with E-state index < -0.39 is 0 Å². The van der Waals surface area contributed by atoms with Crippen LogP contribution in [-0.4, -0.2) is 21.0 Å². The minimum Gasteiger partial charge on any atom is -0.508 e. The molecule has 0 unspecified atom stereocenters. The Labute approximate surface area is 142 Å². The number of hydrazine groups is 1. The van der Waals surface area contributed by atoms with Gasteiger partial charge in [0.25, 0.3) is 5.91 Å². The lowest BCUT2D eigenvalue weighted by atomic mass is 9.97. The molecule has 1 aromatic carbocycles. The molecule has 0 fully saturated rings. The maximum absolute atomic E-state index is 12.2. The quantitative estimate of drug-likeness (QED) is 0.638. The highest BCUT2D eigenvalue weighted by molar-refractivity contribution is 7.19. The lowest BCUT2D eigenvalue weighted by Gasteiger charge is -2.13. The molecule has 1 amide bonds. The van der Waals surface area contributed by atoms with Crippen LogP contribution in [0.25, 0.3) is 10.2 Å². The predicted octanol–water partition coefficient (Wildman–Crippen LogP) is 3.03. The molecule has 2 aromatic heterocycles. The van der Waals surface area contributed by atoms with E-state index in [4.69, 9.17) is 0 Å². The molecule has 1 aliphatic carbocycles. The van der Waals surface area contributed by atoms with Crippen molar-refractivity contribution in [2.75, 3.05) is 5.43 Å². The molecule has 0 spiro atoms. The molecule has 0 radical (unpaired) electrons. The molecule has 0 saturated carbocycles. The number of fused-ring (bicyclic) bond motifs is 3. The number of phenols is 1. The summed E-state index contributed by atoms with van der Waals surface area (Å²) in [5, 5.41) is 10.5. The van der Waals surface area contributed by atoms with Crippen molar-refractivity contribution in [3.8, 4) is 5.75 Å². The zero-order valence-electron chi connectivity index (χ0n) is 12.9. The van der Waals surface area contributed by atoms with Gasteiger partial charge in [-0.15, -0.1) is 11.3 Å². The van der Waals surface area contributed by atoms with Gasteiger partial charge in [0.15, 0.2) is 5.82 Å². The molecule has 4 rings (SSSR count). The van der Waals surface area contributed by atoms with Gasteiger partial charge in [-0.1, -0.05) is 6.07 Å². The SMILES string of the molecule is O=C(NNc1ncnc2sc3c(c12)CCCC3)c1cccc(O)c1. The summed E-state index contributed by atoms with van der Waals surface area (Å²) in [6.45, 7) is 0. The van der Waals surface area contributed by atoms with Gasteiger partial charge in [-0.2, -0.15) is 0 Å². The van der Waals surface area contributed by atoms with E-state index in [0.717, 1.165) is 23.1 Å². The largest absolute Gasteiger partial charge is 0.508 e. The number of phenolic OH excluding ortho intramolecular Hbond substituents is 1. The summed E-state index contributed by atoms with van der Waals surface area (Å²) < 4.78 is 0. The van der Waals surface area contributed by atoms with Crippen molar-refractivity contribution >= 4 is 33.3 Å². The Bertz CT molecular complexity index is 922. The third-order valence-corrected chi connectivity index (χ3v) is 5.35. The molecule has 0 atom stereocenters. The molecular formula is C17H16N4O2S. The second kappa shape index (κ2) is 6.09. The van der Waals surface area contributed by atoms with Gasteiger partial charge in [-0.05, 0) is 49.4 Å². The molecule has 3 N–H and O–H groups in total. The number of rotatable bonds is 3. The normalized spacial score (nSPS) is 13.5. The number of aryl methyl sites for hydroxylation is 2. The smallest absolute Gasteiger partial charge is 0.269 e. The van der Waals surface area contributed by atoms with Crippen LogP contribution in [0, 0.1) is 0 Å². The third kappa shape index (κ3) is 2.67. The van der Waals surface area contributed by atoms with Crippen LogP contribution < -0.4 is 10.9 Å². The Balaban J connectivity index is 1.61. The molecular weight excluding hydrogens is 324 g/mol. The fourth-order valence-electron chi connectivity index (χ4n) is 3.02. The summed E-state index contributed by atoms with van der Waals surface area (Å²) in [6.07, 6.45) is 6.00. The van der Waals surface area contributed by atoms with E-state index >= 15 is 0 Å². The van der Waals surface area contributed by atoms with Crippen molar-refractivity contribution in [1.29, 1.82) is 0 Å². The van der Waals surface area contributed by atoms with Gasteiger partial charge in [0.2, 0.25) is 0 Å². The molecule has 3 aromatic rings. The molecule has 7 heteroatoms. The number of aromatic hydroxyl groups is 1. The van der Waals surface area contributed by atoms with Crippen LogP contribution >= 0.6 is 11.3 Å². The number of aromatic nitrogens is 2. The summed E-state index contributed by atoms with van der Waals surface area (Å²) in [4.78, 5) is 23.2. The Morgan fingerprint density at radius 3 is 2.96 bits per heavy atom. The van der Waals surface area contributed by atoms with E-state index in [1.165, 1.54) is 41.7 Å². The van der Waals surface area contributed by atoms with Crippen LogP contribution in [-0.2, 0) is 12.8 Å². The van der Waals surface area contributed by atoms with Crippen LogP contribution in [0.2, 0.25) is 0 Å². The summed E-state index contributed by atoms with van der Waals surface area (Å²) in [6, 6.07) is 6.20. The fraction of sp³-hybridized carbons (Fsp3) is 0.235. The van der Waals surface area contributed by atoms with Crippen LogP contribution in [0.1, 0.15) is 33.6 Å². The number of hydrogen-bond donors (Lipinski definition) is 3. The minimum absolute atomic E-state index is 0.0546. The average Bonchev–Trinajstić information content (AvgIpc) is 2.99. The minimum atomic E-state index is -0.332. The van der Waals surface area contributed by atoms with Crippen molar-refractivity contribution < 1.29 is 9.90 Å². The zero-order valence-corrected chi connectivity index (χ0v) is 13.7. The number of nitrogens with one attached hydrogen (secondary N) is 2. The molecule has 0 bridgehead atoms. The molecule has 1 aliphatic rings. The van der Waals surface area contributed by atoms with Crippen LogP contribution in [0.4, 0.5) is 5.82 Å². The molecule has 2 heterocycles. The zero-order chi connectivity index (χ0) is 16.5. The number of hydrogen-bond acceptors (Lipinski definition) is 6. The highest BCUT2D eigenvalue weighted by Crippen LogP contribution is 2.37. The van der Waals surface area contributed by atoms with Gasteiger partial charge in [0, 0.05) is 10.4 Å². The summed E-state index contributed by atoms with van der Waals surface area (Å²) in [7, 11) is 0. The van der Waals surface area contributed by atoms with Crippen molar-refractivity contribution in [3.05, 3.63) is 46.6 Å². The van der Waals surface area contributed by atoms with E-state index in [9.17, 15) is 9.90 Å². The van der Waals surface area contributed by atoms with E-state index in [1.54, 1.807) is 23.5 Å². The van der Waals surface area contributed by atoms with Gasteiger partial charge in [-0.3, -0.25) is 15.6 Å². The van der Waals surface area contributed by atoms with Gasteiger partial charge >= 0.3 is 0 Å². The van der Waals surface area contributed by atoms with Crippen LogP contribution in [0.15, 0.2) is 30.6 Å². The number of benzene rings is 1. The highest BCUT2D eigenvalue weighted by atomic mass is 32.1. The molecule has 122 valence electrons. The average molecular weight is 340 g/mol. The molecule has 0 saturated heterocycles. The molecule has 0 aliphatic heterocycles. The Morgan fingerprint density at radius 2 is 2.08 bits per heavy atom. The van der Waals surface area contributed by atoms with E-state index in [-0.39, 0.29) is 11.7 Å². The monoisotopic (exact) mass is 340 g/mol. The molecule has 24 heavy (non-hydrogen) atoms. The van der Waals surface area contributed by atoms with E-state index in [0.29, 0.717) is 11.4 Å². The number of carbonyl (C=O) groups is 1. The van der Waals surface area contributed by atoms with Gasteiger partial charge in [0.1, 0.15) is 16.9 Å². The van der Waals surface area contributed by atoms with Gasteiger partial charge in [0.05, 0.1) is 5.39 Å². The molecule has 6 nitrogen and oxygen atoms in total. The first kappa shape index (κ1) is 14.9. The maximum Gasteiger partial charge on any atom is 0.269 e. The second-order valence-electron chi connectivity index (χ2n) is 5.74. The Hall–Kier alpha value is -2.67. The third-order valence-electron chi connectivity index (χ3n) is 4.15. The van der Waals surface area contributed by atoms with E-state index in [2.05, 4.69) is 20.8 Å². The summed E-state index contributed by atoms with van der Waals surface area (Å²) >= 11 is 1.71. The summed E-state index contributed by atoms with van der Waals surface area (Å²) in [5.41, 5.74) is 7.24. The van der Waals surface area contributed by atoms with Crippen molar-refractivity contribution in [2.45, 2.75) is 25.7 Å². The first-order valence-electron chi connectivity index (χ1n) is 7.83. The highest BCUT2D eigenvalue weighted by Gasteiger charge is 2.20. The standard InChI is InChI=1S/C17H16N4O2S/c22-11-5-3-4-10(8-11)16(23)21-20-15-14-12-6-1-2-7-13(12)24-17(14)19-9-18-15/h3-5,8-9,22H,1-2,6-7H2,(H,21,23)(H,18,19,20). The number of thiophene rings is 1. The van der Waals surface area contributed by atoms with Crippen LogP contribution in [0.5, 0.6) is 5.75 Å². The summed E-state index contributed by atoms with van der Waals surface area (Å²) in [5.74, 6) is 0.341. The van der Waals surface area contributed by atoms with E-state index in [1.807, 2.05) is 0 Å². The maximum atomic E-state index is 12.2. The van der Waals surface area contributed by atoms with Gasteiger partial charge < -0.3 is 5.11 Å². The number of anilines is 1. The van der Waals surface area contributed by atoms with Crippen molar-refractivity contribution in [1.82, 2.24) is 15.4 Å². The van der Waals surface area contributed by atoms with Gasteiger partial charge in [-0.25, -0.2) is 9.97 Å². The number of nitrogens with zero attached hydrogens (tertiary/aromatic N) is 2. The lowest BCUT2D eigenvalue weighted by Crippen LogP contribution is -2.30. The van der Waals surface area contributed by atoms with Crippen molar-refractivity contribution in [2.24, 2.45) is 0 Å². The lowest BCUT2D eigenvalue weighted by molar-refractivity contribution is 0.0962. The first-order chi connectivity index (χ1) is 11.7. The van der Waals surface area contributed by atoms with Crippen LogP contribution in [0.3, 0.4) is 0 Å². The Kier molecular flexibility index (Phi) is 3.78. The first-order valence-corrected chi connectivity index (χ1v) is 8.64. The fourth-order valence-corrected chi connectivity index (χ4v) is 4.25. The van der Waals surface area contributed by atoms with Crippen molar-refractivity contribution in [3.63, 3.8) is 0 Å². The second-order valence-corrected chi connectivity index (χ2v) is 6.83. The number of carbonyl (C=O) groups excluding carboxylic acids is 1.